The van der Waals surface area contributed by atoms with E-state index in [2.05, 4.69) is 48.4 Å². The van der Waals surface area contributed by atoms with E-state index in [4.69, 9.17) is 4.42 Å². The van der Waals surface area contributed by atoms with E-state index in [1.54, 1.807) is 6.20 Å². The van der Waals surface area contributed by atoms with Gasteiger partial charge in [-0.15, -0.1) is 0 Å². The molecule has 1 N–H and O–H groups in total. The highest BCUT2D eigenvalue weighted by molar-refractivity contribution is 5.19. The van der Waals surface area contributed by atoms with Gasteiger partial charge < -0.3 is 9.73 Å². The summed E-state index contributed by atoms with van der Waals surface area (Å²) in [7, 11) is 0. The Hall–Kier alpha value is -1.61. The van der Waals surface area contributed by atoms with Crippen molar-refractivity contribution in [2.45, 2.75) is 39.8 Å². The van der Waals surface area contributed by atoms with Crippen molar-refractivity contribution in [1.82, 2.24) is 10.3 Å². The van der Waals surface area contributed by atoms with Gasteiger partial charge >= 0.3 is 0 Å². The van der Waals surface area contributed by atoms with Gasteiger partial charge in [0.25, 0.3) is 0 Å². The lowest BCUT2D eigenvalue weighted by atomic mass is 9.97. The van der Waals surface area contributed by atoms with E-state index in [0.29, 0.717) is 18.5 Å². The molecular weight excluding hydrogens is 236 g/mol. The van der Waals surface area contributed by atoms with Crippen molar-refractivity contribution < 1.29 is 4.42 Å². The van der Waals surface area contributed by atoms with Crippen LogP contribution in [0.25, 0.3) is 0 Å². The van der Waals surface area contributed by atoms with Crippen LogP contribution in [0.15, 0.2) is 40.9 Å². The minimum atomic E-state index is 0.341. The molecule has 1 aromatic heterocycles. The van der Waals surface area contributed by atoms with Gasteiger partial charge in [0, 0.05) is 6.04 Å². The summed E-state index contributed by atoms with van der Waals surface area (Å²) < 4.78 is 5.50. The molecule has 0 radical (unpaired) electrons. The first-order chi connectivity index (χ1) is 9.15. The van der Waals surface area contributed by atoms with E-state index in [1.807, 2.05) is 13.0 Å². The number of nitrogens with zero attached hydrogens (tertiary/aromatic N) is 1. The van der Waals surface area contributed by atoms with Gasteiger partial charge in [0.05, 0.1) is 12.7 Å². The Balaban J connectivity index is 2.02. The van der Waals surface area contributed by atoms with Crippen LogP contribution in [0.1, 0.15) is 43.5 Å². The average molecular weight is 258 g/mol. The summed E-state index contributed by atoms with van der Waals surface area (Å²) in [5, 5.41) is 3.54. The maximum atomic E-state index is 5.50. The van der Waals surface area contributed by atoms with E-state index in [9.17, 15) is 0 Å². The predicted molar refractivity (Wildman–Crippen MR) is 76.7 cm³/mol. The molecule has 3 heteroatoms. The number of aryl methyl sites for hydroxylation is 1. The summed E-state index contributed by atoms with van der Waals surface area (Å²) in [6.07, 6.45) is 2.86. The summed E-state index contributed by atoms with van der Waals surface area (Å²) in [6, 6.07) is 10.9. The van der Waals surface area contributed by atoms with Gasteiger partial charge in [-0.1, -0.05) is 44.2 Å². The molecule has 2 rings (SSSR count). The van der Waals surface area contributed by atoms with Crippen molar-refractivity contribution in [2.24, 2.45) is 5.92 Å². The second-order valence-corrected chi connectivity index (χ2v) is 5.34. The van der Waals surface area contributed by atoms with E-state index in [-0.39, 0.29) is 0 Å². The Morgan fingerprint density at radius 1 is 1.21 bits per heavy atom. The molecule has 0 saturated heterocycles. The molecule has 1 atom stereocenters. The topological polar surface area (TPSA) is 38.1 Å². The Labute approximate surface area is 115 Å². The van der Waals surface area contributed by atoms with E-state index < -0.39 is 0 Å². The molecule has 3 nitrogen and oxygen atoms in total. The van der Waals surface area contributed by atoms with Crippen LogP contribution in [-0.4, -0.2) is 4.98 Å². The lowest BCUT2D eigenvalue weighted by Gasteiger charge is -2.20. The van der Waals surface area contributed by atoms with Gasteiger partial charge in [0.15, 0.2) is 0 Å². The second-order valence-electron chi connectivity index (χ2n) is 5.34. The molecule has 1 unspecified atom stereocenters. The molecule has 0 bridgehead atoms. The Bertz CT molecular complexity index is 490. The number of hydrogen-bond donors (Lipinski definition) is 1. The van der Waals surface area contributed by atoms with Crippen molar-refractivity contribution >= 4 is 0 Å². The van der Waals surface area contributed by atoms with Gasteiger partial charge in [-0.25, -0.2) is 4.98 Å². The number of benzene rings is 1. The molecule has 0 aliphatic carbocycles. The summed E-state index contributed by atoms with van der Waals surface area (Å²) in [5.74, 6) is 2.25. The molecule has 0 aliphatic rings. The van der Waals surface area contributed by atoms with Crippen LogP contribution in [0.2, 0.25) is 0 Å². The van der Waals surface area contributed by atoms with Crippen LogP contribution in [0.3, 0.4) is 0 Å². The van der Waals surface area contributed by atoms with Crippen molar-refractivity contribution in [3.8, 4) is 0 Å². The smallest absolute Gasteiger partial charge is 0.208 e. The SMILES string of the molecule is Cc1cnc(CNC(CC(C)C)c2ccccc2)o1. The van der Waals surface area contributed by atoms with Crippen molar-refractivity contribution in [1.29, 1.82) is 0 Å². The van der Waals surface area contributed by atoms with Crippen LogP contribution < -0.4 is 5.32 Å². The number of rotatable bonds is 6. The Kier molecular flexibility index (Phi) is 4.74. The third-order valence-electron chi connectivity index (χ3n) is 3.08. The van der Waals surface area contributed by atoms with Crippen molar-refractivity contribution in [3.05, 3.63) is 53.7 Å². The number of oxazole rings is 1. The maximum absolute atomic E-state index is 5.50. The average Bonchev–Trinajstić information content (AvgIpc) is 2.81. The lowest BCUT2D eigenvalue weighted by molar-refractivity contribution is 0.388. The van der Waals surface area contributed by atoms with Gasteiger partial charge in [-0.2, -0.15) is 0 Å². The second kappa shape index (κ2) is 6.53. The monoisotopic (exact) mass is 258 g/mol. The third-order valence-corrected chi connectivity index (χ3v) is 3.08. The lowest BCUT2D eigenvalue weighted by Crippen LogP contribution is -2.22. The maximum Gasteiger partial charge on any atom is 0.208 e. The largest absolute Gasteiger partial charge is 0.445 e. The zero-order chi connectivity index (χ0) is 13.7. The third kappa shape index (κ3) is 4.21. The fraction of sp³-hybridized carbons (Fsp3) is 0.438. The van der Waals surface area contributed by atoms with Crippen LogP contribution >= 0.6 is 0 Å². The molecule has 19 heavy (non-hydrogen) atoms. The highest BCUT2D eigenvalue weighted by Crippen LogP contribution is 2.21. The Morgan fingerprint density at radius 2 is 1.95 bits per heavy atom. The van der Waals surface area contributed by atoms with Crippen LogP contribution in [0.4, 0.5) is 0 Å². The highest BCUT2D eigenvalue weighted by Gasteiger charge is 2.13. The minimum Gasteiger partial charge on any atom is -0.445 e. The quantitative estimate of drug-likeness (QED) is 0.855. The molecule has 0 spiro atoms. The molecule has 2 aromatic rings. The van der Waals surface area contributed by atoms with Gasteiger partial charge in [-0.3, -0.25) is 0 Å². The molecule has 0 fully saturated rings. The van der Waals surface area contributed by atoms with Crippen LogP contribution in [0, 0.1) is 12.8 Å². The summed E-state index contributed by atoms with van der Waals surface area (Å²) >= 11 is 0. The van der Waals surface area contributed by atoms with Gasteiger partial charge in [0.2, 0.25) is 5.89 Å². The van der Waals surface area contributed by atoms with E-state index in [1.165, 1.54) is 5.56 Å². The normalized spacial score (nSPS) is 12.8. The molecule has 0 amide bonds. The van der Waals surface area contributed by atoms with Gasteiger partial charge in [0.1, 0.15) is 5.76 Å². The first-order valence-corrected chi connectivity index (χ1v) is 6.85. The van der Waals surface area contributed by atoms with Gasteiger partial charge in [-0.05, 0) is 24.8 Å². The molecule has 1 aromatic carbocycles. The zero-order valence-electron chi connectivity index (χ0n) is 11.9. The number of nitrogens with one attached hydrogen (secondary N) is 1. The first-order valence-electron chi connectivity index (χ1n) is 6.85. The molecule has 102 valence electrons. The first kappa shape index (κ1) is 13.8. The van der Waals surface area contributed by atoms with Crippen molar-refractivity contribution in [2.75, 3.05) is 0 Å². The summed E-state index contributed by atoms with van der Waals surface area (Å²) in [6.45, 7) is 7.07. The molecule has 0 saturated carbocycles. The predicted octanol–water partition coefficient (Wildman–Crippen LogP) is 3.86. The highest BCUT2D eigenvalue weighted by atomic mass is 16.4. The molecule has 1 heterocycles. The van der Waals surface area contributed by atoms with Crippen LogP contribution in [-0.2, 0) is 6.54 Å². The number of hydrogen-bond acceptors (Lipinski definition) is 3. The fourth-order valence-electron chi connectivity index (χ4n) is 2.19. The summed E-state index contributed by atoms with van der Waals surface area (Å²) in [4.78, 5) is 4.23. The fourth-order valence-corrected chi connectivity index (χ4v) is 2.19. The van der Waals surface area contributed by atoms with Crippen molar-refractivity contribution in [3.63, 3.8) is 0 Å². The standard InChI is InChI=1S/C16H22N2O/c1-12(2)9-15(14-7-5-4-6-8-14)17-11-16-18-10-13(3)19-16/h4-8,10,12,15,17H,9,11H2,1-3H3. The van der Waals surface area contributed by atoms with Crippen LogP contribution in [0.5, 0.6) is 0 Å². The zero-order valence-corrected chi connectivity index (χ0v) is 11.9. The molecular formula is C16H22N2O. The van der Waals surface area contributed by atoms with E-state index in [0.717, 1.165) is 18.1 Å². The Morgan fingerprint density at radius 3 is 2.53 bits per heavy atom. The molecule has 0 aliphatic heterocycles. The summed E-state index contributed by atoms with van der Waals surface area (Å²) in [5.41, 5.74) is 1.32. The van der Waals surface area contributed by atoms with E-state index >= 15 is 0 Å². The number of aromatic nitrogens is 1. The minimum absolute atomic E-state index is 0.341.